The third kappa shape index (κ3) is 4.93. The molecule has 0 bridgehead atoms. The molecule has 0 amide bonds. The molecule has 0 saturated carbocycles. The van der Waals surface area contributed by atoms with Crippen molar-refractivity contribution in [3.8, 4) is 45.3 Å². The fraction of sp³-hybridized carbons (Fsp3) is 0.0600. The van der Waals surface area contributed by atoms with Gasteiger partial charge in [0.15, 0.2) is 17.5 Å². The number of fused-ring (bicyclic) bond motifs is 10. The molecule has 0 radical (unpaired) electrons. The van der Waals surface area contributed by atoms with Gasteiger partial charge in [0.2, 0.25) is 0 Å². The minimum absolute atomic E-state index is 0.484. The number of thiophene rings is 2. The SMILES string of the molecule is CC1C=Cc2ccc(-c3nc(-c4cccc5c4sc4ccccc45)nc(-c4cccc5oc6cc(-c7cccc8sc9ccccc9c78)ccc6c45)n3)cc2C1. The molecule has 12 rings (SSSR count). The lowest BCUT2D eigenvalue weighted by molar-refractivity contribution is 0.669. The molecule has 264 valence electrons. The Bertz CT molecular complexity index is 3440. The zero-order valence-electron chi connectivity index (χ0n) is 30.3. The van der Waals surface area contributed by atoms with E-state index in [1.807, 2.05) is 23.5 Å². The maximum Gasteiger partial charge on any atom is 0.165 e. The molecule has 6 heteroatoms. The normalized spacial score (nSPS) is 14.2. The van der Waals surface area contributed by atoms with E-state index in [0.717, 1.165) is 50.6 Å². The molecule has 4 nitrogen and oxygen atoms in total. The van der Waals surface area contributed by atoms with Crippen molar-refractivity contribution in [3.05, 3.63) is 157 Å². The Morgan fingerprint density at radius 2 is 1.21 bits per heavy atom. The van der Waals surface area contributed by atoms with Gasteiger partial charge < -0.3 is 4.42 Å². The summed E-state index contributed by atoms with van der Waals surface area (Å²) in [6.45, 7) is 2.26. The van der Waals surface area contributed by atoms with Crippen LogP contribution in [0.2, 0.25) is 0 Å². The van der Waals surface area contributed by atoms with Gasteiger partial charge in [0, 0.05) is 67.8 Å². The van der Waals surface area contributed by atoms with Gasteiger partial charge in [-0.1, -0.05) is 110 Å². The lowest BCUT2D eigenvalue weighted by Crippen LogP contribution is -2.05. The zero-order chi connectivity index (χ0) is 36.9. The van der Waals surface area contributed by atoms with E-state index in [-0.39, 0.29) is 0 Å². The van der Waals surface area contributed by atoms with Crippen LogP contribution in [-0.2, 0) is 6.42 Å². The molecule has 1 unspecified atom stereocenters. The lowest BCUT2D eigenvalue weighted by atomic mass is 9.89. The molecule has 4 heterocycles. The van der Waals surface area contributed by atoms with E-state index >= 15 is 0 Å². The van der Waals surface area contributed by atoms with Crippen LogP contribution in [0.4, 0.5) is 0 Å². The van der Waals surface area contributed by atoms with Gasteiger partial charge in [-0.15, -0.1) is 22.7 Å². The Morgan fingerprint density at radius 3 is 2.12 bits per heavy atom. The first-order valence-electron chi connectivity index (χ1n) is 19.0. The Morgan fingerprint density at radius 1 is 0.518 bits per heavy atom. The van der Waals surface area contributed by atoms with Gasteiger partial charge in [-0.2, -0.15) is 0 Å². The molecular formula is C50H31N3OS2. The number of nitrogens with zero attached hydrogens (tertiary/aromatic N) is 3. The minimum atomic E-state index is 0.484. The highest BCUT2D eigenvalue weighted by atomic mass is 32.1. The summed E-state index contributed by atoms with van der Waals surface area (Å²) in [7, 11) is 0. The number of furan rings is 1. The van der Waals surface area contributed by atoms with Gasteiger partial charge in [0.05, 0.1) is 0 Å². The second kappa shape index (κ2) is 12.3. The molecule has 7 aromatic carbocycles. The third-order valence-corrected chi connectivity index (χ3v) is 13.6. The summed E-state index contributed by atoms with van der Waals surface area (Å²) < 4.78 is 11.7. The first-order valence-corrected chi connectivity index (χ1v) is 20.6. The van der Waals surface area contributed by atoms with Crippen LogP contribution < -0.4 is 0 Å². The second-order valence-corrected chi connectivity index (χ2v) is 16.9. The summed E-state index contributed by atoms with van der Waals surface area (Å²) in [5, 5.41) is 7.07. The van der Waals surface area contributed by atoms with Crippen LogP contribution in [0, 0.1) is 5.92 Å². The van der Waals surface area contributed by atoms with Crippen molar-refractivity contribution in [2.45, 2.75) is 13.3 Å². The quantitative estimate of drug-likeness (QED) is 0.180. The summed E-state index contributed by atoms with van der Waals surface area (Å²) >= 11 is 3.63. The molecule has 0 N–H and O–H groups in total. The van der Waals surface area contributed by atoms with Crippen LogP contribution in [0.1, 0.15) is 18.1 Å². The average molecular weight is 754 g/mol. The molecule has 0 aliphatic heterocycles. The van der Waals surface area contributed by atoms with Gasteiger partial charge in [-0.05, 0) is 83.1 Å². The standard InChI is InChI=1S/C50H31N3OS2/c1-28-19-20-29-21-22-31(26-32(29)25-28)48-51-49(53-50(52-48)39-14-6-12-35-34-9-2-4-16-42(34)56-47(35)39)38-13-7-15-40-45(38)36-24-23-30(27-41(36)54-40)33-11-8-18-44-46(33)37-10-3-5-17-43(37)55-44/h2-24,26-28H,25H2,1H3. The number of hydrogen-bond donors (Lipinski definition) is 0. The van der Waals surface area contributed by atoms with Crippen molar-refractivity contribution in [2.75, 3.05) is 0 Å². The number of benzene rings is 7. The molecular weight excluding hydrogens is 723 g/mol. The average Bonchev–Trinajstić information content (AvgIpc) is 3.94. The summed E-state index contributed by atoms with van der Waals surface area (Å²) in [4.78, 5) is 15.8. The molecule has 4 aromatic heterocycles. The van der Waals surface area contributed by atoms with Crippen LogP contribution in [0.5, 0.6) is 0 Å². The lowest BCUT2D eigenvalue weighted by Gasteiger charge is -2.17. The number of aromatic nitrogens is 3. The van der Waals surface area contributed by atoms with Gasteiger partial charge >= 0.3 is 0 Å². The fourth-order valence-corrected chi connectivity index (χ4v) is 11.0. The van der Waals surface area contributed by atoms with Gasteiger partial charge in [-0.25, -0.2) is 15.0 Å². The van der Waals surface area contributed by atoms with E-state index in [4.69, 9.17) is 19.4 Å². The van der Waals surface area contributed by atoms with Crippen molar-refractivity contribution in [2.24, 2.45) is 5.92 Å². The van der Waals surface area contributed by atoms with Gasteiger partial charge in [0.25, 0.3) is 0 Å². The van der Waals surface area contributed by atoms with Crippen LogP contribution in [-0.4, -0.2) is 15.0 Å². The van der Waals surface area contributed by atoms with E-state index < -0.39 is 0 Å². The zero-order valence-corrected chi connectivity index (χ0v) is 31.9. The van der Waals surface area contributed by atoms with E-state index in [0.29, 0.717) is 23.4 Å². The summed E-state index contributed by atoms with van der Waals surface area (Å²) in [5.74, 6) is 2.44. The highest BCUT2D eigenvalue weighted by Gasteiger charge is 2.21. The molecule has 11 aromatic rings. The van der Waals surface area contributed by atoms with Crippen molar-refractivity contribution in [3.63, 3.8) is 0 Å². The molecule has 0 spiro atoms. The molecule has 1 atom stereocenters. The minimum Gasteiger partial charge on any atom is -0.456 e. The van der Waals surface area contributed by atoms with Gasteiger partial charge in [0.1, 0.15) is 11.2 Å². The monoisotopic (exact) mass is 753 g/mol. The first-order chi connectivity index (χ1) is 27.6. The topological polar surface area (TPSA) is 51.8 Å². The molecule has 0 fully saturated rings. The van der Waals surface area contributed by atoms with Crippen molar-refractivity contribution in [1.29, 1.82) is 0 Å². The summed E-state index contributed by atoms with van der Waals surface area (Å²) in [5.41, 5.74) is 9.47. The second-order valence-electron chi connectivity index (χ2n) is 14.8. The highest BCUT2D eigenvalue weighted by Crippen LogP contribution is 2.44. The van der Waals surface area contributed by atoms with E-state index in [9.17, 15) is 0 Å². The van der Waals surface area contributed by atoms with Crippen LogP contribution in [0.15, 0.2) is 150 Å². The summed E-state index contributed by atoms with van der Waals surface area (Å²) in [6, 6.07) is 49.8. The Kier molecular flexibility index (Phi) is 6.98. The van der Waals surface area contributed by atoms with Crippen LogP contribution >= 0.6 is 22.7 Å². The molecule has 56 heavy (non-hydrogen) atoms. The van der Waals surface area contributed by atoms with Gasteiger partial charge in [-0.3, -0.25) is 0 Å². The number of allylic oxidation sites excluding steroid dienone is 1. The Balaban J connectivity index is 1.07. The Hall–Kier alpha value is -6.47. The van der Waals surface area contributed by atoms with Crippen LogP contribution in [0.25, 0.3) is 114 Å². The van der Waals surface area contributed by atoms with Crippen molar-refractivity contribution in [1.82, 2.24) is 15.0 Å². The summed E-state index contributed by atoms with van der Waals surface area (Å²) in [6.07, 6.45) is 5.51. The molecule has 1 aliphatic carbocycles. The maximum absolute atomic E-state index is 6.68. The van der Waals surface area contributed by atoms with E-state index in [2.05, 4.69) is 146 Å². The van der Waals surface area contributed by atoms with Crippen molar-refractivity contribution >= 4 is 91.0 Å². The van der Waals surface area contributed by atoms with E-state index in [1.165, 1.54) is 57.0 Å². The first kappa shape index (κ1) is 31.8. The smallest absolute Gasteiger partial charge is 0.165 e. The Labute approximate surface area is 330 Å². The molecule has 1 aliphatic rings. The van der Waals surface area contributed by atoms with Crippen molar-refractivity contribution < 1.29 is 4.42 Å². The number of hydrogen-bond acceptors (Lipinski definition) is 6. The van der Waals surface area contributed by atoms with E-state index in [1.54, 1.807) is 11.3 Å². The van der Waals surface area contributed by atoms with Crippen LogP contribution in [0.3, 0.4) is 0 Å². The highest BCUT2D eigenvalue weighted by molar-refractivity contribution is 7.26. The number of rotatable bonds is 4. The fourth-order valence-electron chi connectivity index (χ4n) is 8.63. The maximum atomic E-state index is 6.68. The third-order valence-electron chi connectivity index (χ3n) is 11.3. The molecule has 0 saturated heterocycles. The predicted octanol–water partition coefficient (Wildman–Crippen LogP) is 14.4. The largest absolute Gasteiger partial charge is 0.456 e. The predicted molar refractivity (Wildman–Crippen MR) is 237 cm³/mol.